The van der Waals surface area contributed by atoms with Crippen molar-refractivity contribution in [2.24, 2.45) is 0 Å². The molecular weight excluding hydrogens is 467 g/mol. The molecule has 0 radical (unpaired) electrons. The Bertz CT molecular complexity index is 579. The molecule has 2 aromatic rings. The van der Waals surface area contributed by atoms with E-state index in [1.165, 1.54) is 25.8 Å². The Morgan fingerprint density at radius 1 is 1.00 bits per heavy atom. The van der Waals surface area contributed by atoms with Crippen molar-refractivity contribution in [2.45, 2.75) is 18.7 Å². The van der Waals surface area contributed by atoms with Crippen molar-refractivity contribution in [1.82, 2.24) is 0 Å². The van der Waals surface area contributed by atoms with Gasteiger partial charge in [-0.25, -0.2) is 0 Å². The van der Waals surface area contributed by atoms with Gasteiger partial charge in [0.25, 0.3) is 0 Å². The van der Waals surface area contributed by atoms with Crippen LogP contribution in [0.25, 0.3) is 0 Å². The van der Waals surface area contributed by atoms with Crippen molar-refractivity contribution >= 4 is 54.5 Å². The summed E-state index contributed by atoms with van der Waals surface area (Å²) in [6, 6.07) is 13.0. The fourth-order valence-electron chi connectivity index (χ4n) is 1.81. The van der Waals surface area contributed by atoms with Gasteiger partial charge >= 0.3 is 0 Å². The van der Waals surface area contributed by atoms with Crippen LogP contribution in [0, 0.1) is 17.4 Å². The Morgan fingerprint density at radius 3 is 2.39 bits per heavy atom. The first kappa shape index (κ1) is 14.5. The molecule has 0 saturated carbocycles. The molecular formula is C15H13Br2I. The van der Waals surface area contributed by atoms with E-state index in [2.05, 4.69) is 105 Å². The summed E-state index contributed by atoms with van der Waals surface area (Å²) in [5, 5.41) is 0. The molecule has 0 N–H and O–H groups in total. The van der Waals surface area contributed by atoms with E-state index < -0.39 is 0 Å². The Morgan fingerprint density at radius 2 is 1.72 bits per heavy atom. The van der Waals surface area contributed by atoms with Crippen molar-refractivity contribution in [3.8, 4) is 0 Å². The Balaban J connectivity index is 2.44. The van der Waals surface area contributed by atoms with Crippen LogP contribution >= 0.6 is 54.5 Å². The third-order valence-corrected chi connectivity index (χ3v) is 5.55. The SMILES string of the molecule is Cc1ccc(C(Br)c2cc(Br)ccc2I)cc1C. The first-order valence-corrected chi connectivity index (χ1v) is 8.44. The highest BCUT2D eigenvalue weighted by Crippen LogP contribution is 2.35. The Kier molecular flexibility index (Phi) is 4.89. The van der Waals surface area contributed by atoms with Gasteiger partial charge in [-0.05, 0) is 76.9 Å². The Hall–Kier alpha value is 0.130. The van der Waals surface area contributed by atoms with Crippen LogP contribution in [0.5, 0.6) is 0 Å². The number of alkyl halides is 1. The van der Waals surface area contributed by atoms with E-state index in [1.807, 2.05) is 0 Å². The zero-order chi connectivity index (χ0) is 13.3. The Labute approximate surface area is 139 Å². The fourth-order valence-corrected chi connectivity index (χ4v) is 3.93. The minimum Gasteiger partial charge on any atom is -0.0786 e. The highest BCUT2D eigenvalue weighted by atomic mass is 127. The van der Waals surface area contributed by atoms with Crippen LogP contribution in [0.15, 0.2) is 40.9 Å². The number of rotatable bonds is 2. The average molecular weight is 480 g/mol. The molecule has 94 valence electrons. The quantitative estimate of drug-likeness (QED) is 0.358. The monoisotopic (exact) mass is 478 g/mol. The van der Waals surface area contributed by atoms with Crippen molar-refractivity contribution < 1.29 is 0 Å². The smallest absolute Gasteiger partial charge is 0.0655 e. The molecule has 1 unspecified atom stereocenters. The summed E-state index contributed by atoms with van der Waals surface area (Å²) in [4.78, 5) is 0.237. The standard InChI is InChI=1S/C15H13Br2I/c1-9-3-4-11(7-10(9)2)15(17)13-8-12(16)5-6-14(13)18/h3-8,15H,1-2H3. The summed E-state index contributed by atoms with van der Waals surface area (Å²) < 4.78 is 2.39. The molecule has 0 fully saturated rings. The maximum Gasteiger partial charge on any atom is 0.0655 e. The lowest BCUT2D eigenvalue weighted by molar-refractivity contribution is 1.14. The second-order valence-corrected chi connectivity index (χ2v) is 7.37. The van der Waals surface area contributed by atoms with Gasteiger partial charge < -0.3 is 0 Å². The lowest BCUT2D eigenvalue weighted by Crippen LogP contribution is -1.97. The second kappa shape index (κ2) is 6.06. The van der Waals surface area contributed by atoms with E-state index in [0.29, 0.717) is 0 Å². The van der Waals surface area contributed by atoms with Crippen LogP contribution in [-0.4, -0.2) is 0 Å². The minimum absolute atomic E-state index is 0.237. The average Bonchev–Trinajstić information content (AvgIpc) is 2.35. The largest absolute Gasteiger partial charge is 0.0786 e. The van der Waals surface area contributed by atoms with E-state index in [4.69, 9.17) is 0 Å². The van der Waals surface area contributed by atoms with Crippen LogP contribution in [0.4, 0.5) is 0 Å². The van der Waals surface area contributed by atoms with Crippen molar-refractivity contribution in [1.29, 1.82) is 0 Å². The molecule has 0 nitrogen and oxygen atoms in total. The second-order valence-electron chi connectivity index (χ2n) is 4.37. The van der Waals surface area contributed by atoms with Gasteiger partial charge in [0.2, 0.25) is 0 Å². The molecule has 2 rings (SSSR count). The predicted octanol–water partition coefficient (Wildman–Crippen LogP) is 6.15. The molecule has 0 aromatic heterocycles. The maximum absolute atomic E-state index is 3.81. The van der Waals surface area contributed by atoms with Gasteiger partial charge in [-0.2, -0.15) is 0 Å². The van der Waals surface area contributed by atoms with Crippen molar-refractivity contribution in [3.05, 3.63) is 66.7 Å². The zero-order valence-corrected chi connectivity index (χ0v) is 15.5. The van der Waals surface area contributed by atoms with E-state index in [1.54, 1.807) is 0 Å². The van der Waals surface area contributed by atoms with Gasteiger partial charge in [0.1, 0.15) is 0 Å². The fraction of sp³-hybridized carbons (Fsp3) is 0.200. The summed E-state index contributed by atoms with van der Waals surface area (Å²) >= 11 is 9.73. The lowest BCUT2D eigenvalue weighted by atomic mass is 10.0. The molecule has 3 heteroatoms. The molecule has 0 amide bonds. The summed E-state index contributed by atoms with van der Waals surface area (Å²) in [6.07, 6.45) is 0. The number of hydrogen-bond acceptors (Lipinski definition) is 0. The van der Waals surface area contributed by atoms with E-state index in [-0.39, 0.29) is 4.83 Å². The van der Waals surface area contributed by atoms with Crippen molar-refractivity contribution in [2.75, 3.05) is 0 Å². The number of hydrogen-bond donors (Lipinski definition) is 0. The predicted molar refractivity (Wildman–Crippen MR) is 93.5 cm³/mol. The van der Waals surface area contributed by atoms with Gasteiger partial charge in [-0.15, -0.1) is 0 Å². The molecule has 0 aliphatic carbocycles. The van der Waals surface area contributed by atoms with Gasteiger partial charge in [-0.1, -0.05) is 50.1 Å². The van der Waals surface area contributed by atoms with E-state index in [0.717, 1.165) is 4.47 Å². The van der Waals surface area contributed by atoms with Crippen LogP contribution in [0.1, 0.15) is 27.1 Å². The van der Waals surface area contributed by atoms with Gasteiger partial charge in [0.05, 0.1) is 4.83 Å². The molecule has 18 heavy (non-hydrogen) atoms. The molecule has 0 bridgehead atoms. The van der Waals surface area contributed by atoms with Crippen molar-refractivity contribution in [3.63, 3.8) is 0 Å². The first-order chi connectivity index (χ1) is 8.49. The molecule has 0 heterocycles. The molecule has 0 saturated heterocycles. The zero-order valence-electron chi connectivity index (χ0n) is 10.2. The number of aryl methyl sites for hydroxylation is 2. The van der Waals surface area contributed by atoms with Crippen LogP contribution in [0.2, 0.25) is 0 Å². The first-order valence-electron chi connectivity index (χ1n) is 5.65. The van der Waals surface area contributed by atoms with E-state index in [9.17, 15) is 0 Å². The van der Waals surface area contributed by atoms with Crippen LogP contribution in [-0.2, 0) is 0 Å². The molecule has 1 atom stereocenters. The number of halogens is 3. The van der Waals surface area contributed by atoms with E-state index >= 15 is 0 Å². The molecule has 0 aliphatic rings. The summed E-state index contributed by atoms with van der Waals surface area (Å²) in [6.45, 7) is 4.30. The highest BCUT2D eigenvalue weighted by Gasteiger charge is 2.14. The minimum atomic E-state index is 0.237. The normalized spacial score (nSPS) is 12.5. The van der Waals surface area contributed by atoms with Crippen LogP contribution in [0.3, 0.4) is 0 Å². The summed E-state index contributed by atoms with van der Waals surface area (Å²) in [7, 11) is 0. The summed E-state index contributed by atoms with van der Waals surface area (Å²) in [5.74, 6) is 0. The third-order valence-electron chi connectivity index (χ3n) is 3.05. The topological polar surface area (TPSA) is 0 Å². The van der Waals surface area contributed by atoms with Gasteiger partial charge in [-0.3, -0.25) is 0 Å². The molecule has 0 aliphatic heterocycles. The molecule has 0 spiro atoms. The molecule has 2 aromatic carbocycles. The number of benzene rings is 2. The summed E-state index contributed by atoms with van der Waals surface area (Å²) in [5.41, 5.74) is 5.27. The lowest BCUT2D eigenvalue weighted by Gasteiger charge is -2.14. The van der Waals surface area contributed by atoms with Gasteiger partial charge in [0.15, 0.2) is 0 Å². The van der Waals surface area contributed by atoms with Gasteiger partial charge in [0, 0.05) is 8.04 Å². The van der Waals surface area contributed by atoms with Crippen LogP contribution < -0.4 is 0 Å². The maximum atomic E-state index is 3.81. The highest BCUT2D eigenvalue weighted by molar-refractivity contribution is 14.1. The third kappa shape index (κ3) is 3.17.